The van der Waals surface area contributed by atoms with Gasteiger partial charge < -0.3 is 15.6 Å². The van der Waals surface area contributed by atoms with Crippen molar-refractivity contribution in [2.24, 2.45) is 11.7 Å². The molecule has 0 aromatic heterocycles. The molecular weight excluding hydrogens is 255 g/mol. The predicted molar refractivity (Wildman–Crippen MR) is 65.2 cm³/mol. The lowest BCUT2D eigenvalue weighted by molar-refractivity contribution is -0.386. The Hall–Kier alpha value is -1.73. The molecule has 1 atom stereocenters. The molecule has 6 nitrogen and oxygen atoms in total. The molecule has 0 radical (unpaired) electrons. The molecule has 3 N–H and O–H groups in total. The molecule has 1 aromatic carbocycles. The zero-order valence-corrected chi connectivity index (χ0v) is 10.2. The van der Waals surface area contributed by atoms with E-state index in [9.17, 15) is 19.6 Å². The molecule has 1 saturated heterocycles. The van der Waals surface area contributed by atoms with E-state index in [0.29, 0.717) is 32.1 Å². The number of nitrogens with two attached hydrogens (primary N) is 1. The fourth-order valence-electron chi connectivity index (χ4n) is 2.33. The van der Waals surface area contributed by atoms with Gasteiger partial charge in [0.2, 0.25) is 0 Å². The number of phenolic OH excluding ortho intramolecular Hbond substituents is 1. The molecule has 0 saturated carbocycles. The summed E-state index contributed by atoms with van der Waals surface area (Å²) in [7, 11) is 0. The minimum Gasteiger partial charge on any atom is -0.502 e. The number of nitro benzene ring substituents is 1. The Labute approximate surface area is 109 Å². The van der Waals surface area contributed by atoms with E-state index in [1.165, 1.54) is 0 Å². The van der Waals surface area contributed by atoms with E-state index in [1.807, 2.05) is 0 Å². The monoisotopic (exact) mass is 270 g/mol. The van der Waals surface area contributed by atoms with Crippen LogP contribution in [-0.2, 0) is 4.74 Å². The number of halogens is 1. The number of hydrogen-bond acceptors (Lipinski definition) is 5. The van der Waals surface area contributed by atoms with E-state index in [1.54, 1.807) is 0 Å². The van der Waals surface area contributed by atoms with Crippen LogP contribution in [0.2, 0.25) is 0 Å². The van der Waals surface area contributed by atoms with Gasteiger partial charge in [-0.1, -0.05) is 0 Å². The standard InChI is InChI=1S/C12H15FN2O4/c13-8-5-9(12(16)10(6-8)15(17)18)11(14)7-1-3-19-4-2-7/h5-7,11,16H,1-4,14H2/t11-/m0/s1. The van der Waals surface area contributed by atoms with Gasteiger partial charge in [0.1, 0.15) is 5.82 Å². The van der Waals surface area contributed by atoms with Crippen molar-refractivity contribution >= 4 is 5.69 Å². The first-order valence-corrected chi connectivity index (χ1v) is 6.01. The molecule has 1 aliphatic heterocycles. The van der Waals surface area contributed by atoms with E-state index in [0.717, 1.165) is 6.07 Å². The highest BCUT2D eigenvalue weighted by Crippen LogP contribution is 2.38. The van der Waals surface area contributed by atoms with Crippen LogP contribution >= 0.6 is 0 Å². The van der Waals surface area contributed by atoms with E-state index in [2.05, 4.69) is 0 Å². The van der Waals surface area contributed by atoms with Crippen molar-refractivity contribution in [3.63, 3.8) is 0 Å². The van der Waals surface area contributed by atoms with Crippen LogP contribution in [0.4, 0.5) is 10.1 Å². The predicted octanol–water partition coefficient (Wildman–Crippen LogP) is 1.87. The first kappa shape index (κ1) is 13.7. The SMILES string of the molecule is N[C@H](c1cc(F)cc([N+](=O)[O-])c1O)C1CCOCC1. The zero-order valence-electron chi connectivity index (χ0n) is 10.2. The number of ether oxygens (including phenoxy) is 1. The third kappa shape index (κ3) is 2.82. The third-order valence-corrected chi connectivity index (χ3v) is 3.41. The lowest BCUT2D eigenvalue weighted by Gasteiger charge is -2.28. The highest BCUT2D eigenvalue weighted by Gasteiger charge is 2.28. The van der Waals surface area contributed by atoms with E-state index < -0.39 is 28.2 Å². The molecule has 0 amide bonds. The fraction of sp³-hybridized carbons (Fsp3) is 0.500. The molecule has 0 aliphatic carbocycles. The fourth-order valence-corrected chi connectivity index (χ4v) is 2.33. The lowest BCUT2D eigenvalue weighted by atomic mass is 9.87. The number of phenols is 1. The molecular formula is C12H15FN2O4. The van der Waals surface area contributed by atoms with Gasteiger partial charge in [0, 0.05) is 24.8 Å². The van der Waals surface area contributed by atoms with Gasteiger partial charge in [-0.2, -0.15) is 0 Å². The number of hydrogen-bond donors (Lipinski definition) is 2. The molecule has 1 aromatic rings. The summed E-state index contributed by atoms with van der Waals surface area (Å²) in [5.74, 6) is -1.31. The maximum Gasteiger partial charge on any atom is 0.313 e. The summed E-state index contributed by atoms with van der Waals surface area (Å²) in [6.07, 6.45) is 1.37. The van der Waals surface area contributed by atoms with Crippen molar-refractivity contribution in [1.29, 1.82) is 0 Å². The van der Waals surface area contributed by atoms with Crippen LogP contribution in [-0.4, -0.2) is 23.2 Å². The van der Waals surface area contributed by atoms with Crippen molar-refractivity contribution in [2.45, 2.75) is 18.9 Å². The maximum absolute atomic E-state index is 13.4. The van der Waals surface area contributed by atoms with Crippen LogP contribution < -0.4 is 5.73 Å². The van der Waals surface area contributed by atoms with Gasteiger partial charge in [-0.05, 0) is 24.8 Å². The average molecular weight is 270 g/mol. The molecule has 0 unspecified atom stereocenters. The zero-order chi connectivity index (χ0) is 14.0. The van der Waals surface area contributed by atoms with Crippen LogP contribution in [0.1, 0.15) is 24.4 Å². The van der Waals surface area contributed by atoms with Crippen molar-refractivity contribution in [2.75, 3.05) is 13.2 Å². The van der Waals surface area contributed by atoms with E-state index in [4.69, 9.17) is 10.5 Å². The molecule has 1 fully saturated rings. The van der Waals surface area contributed by atoms with Crippen molar-refractivity contribution in [3.8, 4) is 5.75 Å². The van der Waals surface area contributed by atoms with E-state index in [-0.39, 0.29) is 11.5 Å². The third-order valence-electron chi connectivity index (χ3n) is 3.41. The molecule has 0 spiro atoms. The van der Waals surface area contributed by atoms with Crippen LogP contribution in [0.5, 0.6) is 5.75 Å². The lowest BCUT2D eigenvalue weighted by Crippen LogP contribution is -2.27. The summed E-state index contributed by atoms with van der Waals surface area (Å²) in [6, 6.07) is 1.11. The highest BCUT2D eigenvalue weighted by molar-refractivity contribution is 5.52. The van der Waals surface area contributed by atoms with Gasteiger partial charge in [-0.25, -0.2) is 4.39 Å². The van der Waals surface area contributed by atoms with Gasteiger partial charge in [0.15, 0.2) is 5.75 Å². The highest BCUT2D eigenvalue weighted by atomic mass is 19.1. The summed E-state index contributed by atoms with van der Waals surface area (Å²) >= 11 is 0. The molecule has 0 bridgehead atoms. The number of aromatic hydroxyl groups is 1. The van der Waals surface area contributed by atoms with Crippen molar-refractivity contribution in [3.05, 3.63) is 33.6 Å². The largest absolute Gasteiger partial charge is 0.502 e. The summed E-state index contributed by atoms with van der Waals surface area (Å²) in [6.45, 7) is 1.10. The Morgan fingerprint density at radius 1 is 1.47 bits per heavy atom. The second-order valence-electron chi connectivity index (χ2n) is 4.60. The van der Waals surface area contributed by atoms with Gasteiger partial charge >= 0.3 is 5.69 Å². The van der Waals surface area contributed by atoms with Crippen LogP contribution in [0.3, 0.4) is 0 Å². The van der Waals surface area contributed by atoms with E-state index >= 15 is 0 Å². The number of benzene rings is 1. The summed E-state index contributed by atoms with van der Waals surface area (Å²) < 4.78 is 18.6. The maximum atomic E-state index is 13.4. The second-order valence-corrected chi connectivity index (χ2v) is 4.60. The molecule has 1 heterocycles. The van der Waals surface area contributed by atoms with Crippen molar-refractivity contribution in [1.82, 2.24) is 0 Å². The Balaban J connectivity index is 2.35. The Morgan fingerprint density at radius 3 is 2.68 bits per heavy atom. The van der Waals surface area contributed by atoms with Crippen LogP contribution in [0.25, 0.3) is 0 Å². The van der Waals surface area contributed by atoms with Crippen LogP contribution in [0, 0.1) is 21.8 Å². The smallest absolute Gasteiger partial charge is 0.313 e. The first-order valence-electron chi connectivity index (χ1n) is 6.01. The van der Waals surface area contributed by atoms with Gasteiger partial charge in [0.05, 0.1) is 11.0 Å². The average Bonchev–Trinajstić information content (AvgIpc) is 2.41. The number of rotatable bonds is 3. The molecule has 7 heteroatoms. The summed E-state index contributed by atoms with van der Waals surface area (Å²) in [5.41, 5.74) is 5.43. The van der Waals surface area contributed by atoms with Gasteiger partial charge in [-0.3, -0.25) is 10.1 Å². The first-order chi connectivity index (χ1) is 9.00. The molecule has 19 heavy (non-hydrogen) atoms. The second kappa shape index (κ2) is 5.50. The van der Waals surface area contributed by atoms with Gasteiger partial charge in [-0.15, -0.1) is 0 Å². The number of nitrogens with zero attached hydrogens (tertiary/aromatic N) is 1. The summed E-state index contributed by atoms with van der Waals surface area (Å²) in [5, 5.41) is 20.6. The van der Waals surface area contributed by atoms with Crippen molar-refractivity contribution < 1.29 is 19.2 Å². The Morgan fingerprint density at radius 2 is 2.11 bits per heavy atom. The Kier molecular flexibility index (Phi) is 3.96. The number of nitro groups is 1. The minimum absolute atomic E-state index is 0.0149. The molecule has 2 rings (SSSR count). The van der Waals surface area contributed by atoms with Crippen LogP contribution in [0.15, 0.2) is 12.1 Å². The Bertz CT molecular complexity index is 489. The summed E-state index contributed by atoms with van der Waals surface area (Å²) in [4.78, 5) is 9.92. The topological polar surface area (TPSA) is 98.6 Å². The minimum atomic E-state index is -0.821. The quantitative estimate of drug-likeness (QED) is 0.645. The molecule has 1 aliphatic rings. The van der Waals surface area contributed by atoms with Gasteiger partial charge in [0.25, 0.3) is 0 Å². The molecule has 104 valence electrons. The normalized spacial score (nSPS) is 18.2.